The summed E-state index contributed by atoms with van der Waals surface area (Å²) in [6, 6.07) is 0. The quantitative estimate of drug-likeness (QED) is 0.534. The van der Waals surface area contributed by atoms with Gasteiger partial charge in [0.15, 0.2) is 23.5 Å². The Labute approximate surface area is 215 Å². The average Bonchev–Trinajstić information content (AvgIpc) is 3.31. The van der Waals surface area contributed by atoms with Crippen LogP contribution in [0.3, 0.4) is 0 Å². The van der Waals surface area contributed by atoms with Crippen LogP contribution in [-0.4, -0.2) is 52.0 Å². The minimum absolute atomic E-state index is 0.0111. The molecule has 0 spiro atoms. The van der Waals surface area contributed by atoms with Crippen LogP contribution in [0.5, 0.6) is 0 Å². The summed E-state index contributed by atoms with van der Waals surface area (Å²) in [4.78, 5) is 26.3. The largest absolute Gasteiger partial charge is 0.393 e. The van der Waals surface area contributed by atoms with Crippen molar-refractivity contribution in [1.29, 1.82) is 0 Å². The lowest BCUT2D eigenvalue weighted by atomic mass is 9.46. The van der Waals surface area contributed by atoms with Crippen LogP contribution in [-0.2, 0) is 19.1 Å². The second-order valence-corrected chi connectivity index (χ2v) is 12.7. The van der Waals surface area contributed by atoms with Crippen molar-refractivity contribution in [3.05, 3.63) is 23.8 Å². The van der Waals surface area contributed by atoms with Gasteiger partial charge in [-0.25, -0.2) is 0 Å². The number of Topliss-reactive ketones (excluding diaryl/α,β-unsaturated/α-hetero) is 1. The molecule has 36 heavy (non-hydrogen) atoms. The molecule has 0 aromatic heterocycles. The van der Waals surface area contributed by atoms with Crippen molar-refractivity contribution < 1.29 is 29.3 Å². The third-order valence-corrected chi connectivity index (χ3v) is 10.9. The first-order valence-corrected chi connectivity index (χ1v) is 14.2. The molecule has 6 heteroatoms. The van der Waals surface area contributed by atoms with Gasteiger partial charge >= 0.3 is 0 Å². The molecule has 1 heterocycles. The number of ether oxygens (including phenoxy) is 2. The predicted octanol–water partition coefficient (Wildman–Crippen LogP) is 4.52. The maximum atomic E-state index is 14.2. The van der Waals surface area contributed by atoms with E-state index in [0.29, 0.717) is 6.42 Å². The van der Waals surface area contributed by atoms with Crippen LogP contribution in [0.2, 0.25) is 0 Å². The van der Waals surface area contributed by atoms with E-state index in [-0.39, 0.29) is 53.2 Å². The molecule has 0 aromatic rings. The summed E-state index contributed by atoms with van der Waals surface area (Å²) >= 11 is 0. The first kappa shape index (κ1) is 26.3. The molecule has 11 atom stereocenters. The Kier molecular flexibility index (Phi) is 6.67. The molecule has 1 saturated heterocycles. The van der Waals surface area contributed by atoms with Gasteiger partial charge in [-0.1, -0.05) is 59.1 Å². The first-order valence-electron chi connectivity index (χ1n) is 14.2. The summed E-state index contributed by atoms with van der Waals surface area (Å²) in [6.07, 6.45) is 8.65. The highest BCUT2D eigenvalue weighted by Gasteiger charge is 2.75. The zero-order valence-electron chi connectivity index (χ0n) is 22.5. The van der Waals surface area contributed by atoms with Crippen molar-refractivity contribution in [3.63, 3.8) is 0 Å². The van der Waals surface area contributed by atoms with E-state index in [2.05, 4.69) is 20.8 Å². The van der Waals surface area contributed by atoms with Crippen LogP contribution in [0, 0.1) is 34.5 Å². The van der Waals surface area contributed by atoms with Gasteiger partial charge in [0.25, 0.3) is 0 Å². The van der Waals surface area contributed by atoms with Gasteiger partial charge in [-0.3, -0.25) is 9.59 Å². The van der Waals surface area contributed by atoms with E-state index in [1.807, 2.05) is 19.9 Å². The van der Waals surface area contributed by atoms with Crippen molar-refractivity contribution in [2.75, 3.05) is 0 Å². The van der Waals surface area contributed by atoms with E-state index in [0.717, 1.165) is 44.1 Å². The van der Waals surface area contributed by atoms with Crippen molar-refractivity contribution in [2.24, 2.45) is 34.5 Å². The molecule has 3 unspecified atom stereocenters. The maximum Gasteiger partial charge on any atom is 0.178 e. The first-order chi connectivity index (χ1) is 17.0. The molecular formula is C30H44O6. The van der Waals surface area contributed by atoms with Crippen molar-refractivity contribution >= 4 is 11.6 Å². The van der Waals surface area contributed by atoms with Crippen LogP contribution >= 0.6 is 0 Å². The number of ketones is 2. The Morgan fingerprint density at radius 1 is 1.28 bits per heavy atom. The molecule has 200 valence electrons. The van der Waals surface area contributed by atoms with Crippen LogP contribution < -0.4 is 0 Å². The number of carbonyl (C=O) groups is 2. The number of rotatable bonds is 7. The van der Waals surface area contributed by atoms with Gasteiger partial charge in [-0.05, 0) is 62.0 Å². The van der Waals surface area contributed by atoms with Gasteiger partial charge in [-0.2, -0.15) is 0 Å². The summed E-state index contributed by atoms with van der Waals surface area (Å²) in [5.74, 6) is 0.328. The number of aliphatic hydroxyl groups is 2. The molecule has 0 radical (unpaired) electrons. The number of carbonyl (C=O) groups excluding carboxylic acids is 2. The van der Waals surface area contributed by atoms with E-state index in [9.17, 15) is 19.8 Å². The van der Waals surface area contributed by atoms with Gasteiger partial charge in [0.2, 0.25) is 0 Å². The Balaban J connectivity index is 1.52. The number of allylic oxidation sites excluding steroid dienone is 4. The standard InChI is InChI=1S/C30H44O6/c1-6-8-26-35-25-14-21-20-10-9-18-13-19(31)11-12-28(18,4)27(20)23(33)16-29(21,5)30(25,36-26)24(34)15-22(32)17(3)7-2/h11-13,17,20-23,25-27,32-33H,6-10,14-16H2,1-5H3/t17?,20-,21-,22?,23-,25+,26?,27+,28-,29-,30+/m0/s1. The maximum absolute atomic E-state index is 14.2. The lowest BCUT2D eigenvalue weighted by Gasteiger charge is -2.59. The highest BCUT2D eigenvalue weighted by Crippen LogP contribution is 2.70. The Morgan fingerprint density at radius 2 is 2.03 bits per heavy atom. The molecule has 5 rings (SSSR count). The van der Waals surface area contributed by atoms with Crippen molar-refractivity contribution in [3.8, 4) is 0 Å². The zero-order chi connectivity index (χ0) is 26.0. The van der Waals surface area contributed by atoms with Gasteiger partial charge < -0.3 is 19.7 Å². The van der Waals surface area contributed by atoms with Crippen LogP contribution in [0.25, 0.3) is 0 Å². The SMILES string of the molecule is CCCC1O[C@@H]2C[C@H]3[C@@H]4CCC5=CC(=O)C=C[C@]5(C)[C@H]4[C@@H](O)C[C@]3(C)[C@]2(C(=O)CC(O)C(C)CC)O1. The molecule has 1 aliphatic heterocycles. The summed E-state index contributed by atoms with van der Waals surface area (Å²) in [6.45, 7) is 10.4. The number of hydrogen-bond donors (Lipinski definition) is 2. The third kappa shape index (κ3) is 3.58. The van der Waals surface area contributed by atoms with Crippen LogP contribution in [0.4, 0.5) is 0 Å². The van der Waals surface area contributed by atoms with E-state index in [4.69, 9.17) is 9.47 Å². The fourth-order valence-electron chi connectivity index (χ4n) is 8.82. The molecule has 2 N–H and O–H groups in total. The molecule has 5 aliphatic rings. The second-order valence-electron chi connectivity index (χ2n) is 12.7. The van der Waals surface area contributed by atoms with Crippen LogP contribution in [0.15, 0.2) is 23.8 Å². The van der Waals surface area contributed by atoms with E-state index >= 15 is 0 Å². The Hall–Kier alpha value is -1.34. The number of aliphatic hydroxyl groups excluding tert-OH is 2. The molecule has 4 aliphatic carbocycles. The van der Waals surface area contributed by atoms with Crippen molar-refractivity contribution in [1.82, 2.24) is 0 Å². The number of hydrogen-bond acceptors (Lipinski definition) is 6. The summed E-state index contributed by atoms with van der Waals surface area (Å²) < 4.78 is 13.1. The molecule has 3 saturated carbocycles. The lowest BCUT2D eigenvalue weighted by molar-refractivity contribution is -0.200. The molecule has 0 amide bonds. The minimum atomic E-state index is -1.15. The molecule has 0 bridgehead atoms. The van der Waals surface area contributed by atoms with Crippen molar-refractivity contribution in [2.45, 2.75) is 116 Å². The summed E-state index contributed by atoms with van der Waals surface area (Å²) in [5.41, 5.74) is -0.965. The van der Waals surface area contributed by atoms with Crippen LogP contribution in [0.1, 0.15) is 86.0 Å². The fraction of sp³-hybridized carbons (Fsp3) is 0.800. The van der Waals surface area contributed by atoms with Gasteiger partial charge in [-0.15, -0.1) is 0 Å². The average molecular weight is 501 g/mol. The lowest BCUT2D eigenvalue weighted by Crippen LogP contribution is -2.63. The van der Waals surface area contributed by atoms with E-state index < -0.39 is 29.5 Å². The molecule has 4 fully saturated rings. The summed E-state index contributed by atoms with van der Waals surface area (Å²) in [7, 11) is 0. The van der Waals surface area contributed by atoms with Gasteiger partial charge in [0, 0.05) is 23.2 Å². The van der Waals surface area contributed by atoms with E-state index in [1.165, 1.54) is 0 Å². The van der Waals surface area contributed by atoms with Gasteiger partial charge in [0.1, 0.15) is 0 Å². The highest BCUT2D eigenvalue weighted by atomic mass is 16.7. The minimum Gasteiger partial charge on any atom is -0.393 e. The fourth-order valence-corrected chi connectivity index (χ4v) is 8.82. The second kappa shape index (κ2) is 9.14. The van der Waals surface area contributed by atoms with E-state index in [1.54, 1.807) is 12.2 Å². The summed E-state index contributed by atoms with van der Waals surface area (Å²) in [5, 5.41) is 22.6. The zero-order valence-corrected chi connectivity index (χ0v) is 22.5. The topological polar surface area (TPSA) is 93.1 Å². The number of fused-ring (bicyclic) bond motifs is 7. The monoisotopic (exact) mass is 500 g/mol. The molecule has 6 nitrogen and oxygen atoms in total. The Bertz CT molecular complexity index is 970. The third-order valence-electron chi connectivity index (χ3n) is 10.9. The highest BCUT2D eigenvalue weighted by molar-refractivity contribution is 6.01. The molecular weight excluding hydrogens is 456 g/mol. The normalized spacial score (nSPS) is 46.9. The van der Waals surface area contributed by atoms with Gasteiger partial charge in [0.05, 0.1) is 18.3 Å². The molecule has 0 aromatic carbocycles. The Morgan fingerprint density at radius 3 is 2.72 bits per heavy atom. The predicted molar refractivity (Wildman–Crippen MR) is 136 cm³/mol. The smallest absolute Gasteiger partial charge is 0.178 e.